The highest BCUT2D eigenvalue weighted by molar-refractivity contribution is 7.80. The molecule has 0 aromatic rings. The van der Waals surface area contributed by atoms with Gasteiger partial charge in [-0.05, 0) is 62.6 Å². The van der Waals surface area contributed by atoms with Gasteiger partial charge in [-0.15, -0.1) is 0 Å². The number of hydrogen-bond donors (Lipinski definition) is 2. The maximum Gasteiger partial charge on any atom is 0.176 e. The molecule has 0 aliphatic rings. The topological polar surface area (TPSA) is 9.23 Å². The highest BCUT2D eigenvalue weighted by atomic mass is 32.1. The Morgan fingerprint density at radius 2 is 1.27 bits per heavy atom. The summed E-state index contributed by atoms with van der Waals surface area (Å²) in [7, 11) is -2.84. The first-order valence-corrected chi connectivity index (χ1v) is 13.2. The lowest BCUT2D eigenvalue weighted by Gasteiger charge is -2.34. The molecule has 0 atom stereocenters. The van der Waals surface area contributed by atoms with Crippen molar-refractivity contribution in [1.29, 1.82) is 0 Å². The minimum absolute atomic E-state index is 0.985. The van der Waals surface area contributed by atoms with E-state index < -0.39 is 16.6 Å². The van der Waals surface area contributed by atoms with E-state index in [-0.39, 0.29) is 0 Å². The van der Waals surface area contributed by atoms with Crippen molar-refractivity contribution in [3.63, 3.8) is 0 Å². The van der Waals surface area contributed by atoms with Gasteiger partial charge in [0.15, 0.2) is 16.6 Å². The van der Waals surface area contributed by atoms with Crippen molar-refractivity contribution in [3.8, 4) is 0 Å². The molecule has 0 saturated heterocycles. The SMILES string of the molecule is C[Si](C)(C)O[Si](C)(CCCS)CCCS. The van der Waals surface area contributed by atoms with Crippen LogP contribution in [0.4, 0.5) is 0 Å². The molecule has 15 heavy (non-hydrogen) atoms. The van der Waals surface area contributed by atoms with Crippen LogP contribution in [0.15, 0.2) is 0 Å². The molecule has 1 nitrogen and oxygen atoms in total. The first kappa shape index (κ1) is 16.1. The number of hydrogen-bond acceptors (Lipinski definition) is 3. The van der Waals surface area contributed by atoms with Gasteiger partial charge >= 0.3 is 0 Å². The Labute approximate surface area is 108 Å². The fourth-order valence-electron chi connectivity index (χ4n) is 1.87. The van der Waals surface area contributed by atoms with Crippen LogP contribution < -0.4 is 0 Å². The fraction of sp³-hybridized carbons (Fsp3) is 1.00. The van der Waals surface area contributed by atoms with Crippen molar-refractivity contribution in [1.82, 2.24) is 0 Å². The molecule has 0 aromatic carbocycles. The predicted octanol–water partition coefficient (Wildman–Crippen LogP) is 4.05. The Hall–Kier alpha value is 1.09. The smallest absolute Gasteiger partial charge is 0.176 e. The molecule has 0 radical (unpaired) electrons. The summed E-state index contributed by atoms with van der Waals surface area (Å²) in [4.78, 5) is 0. The molecular weight excluding hydrogens is 256 g/mol. The molecule has 0 N–H and O–H groups in total. The van der Waals surface area contributed by atoms with Crippen molar-refractivity contribution in [2.24, 2.45) is 0 Å². The van der Waals surface area contributed by atoms with Gasteiger partial charge in [-0.1, -0.05) is 0 Å². The average Bonchev–Trinajstić information content (AvgIpc) is 2.09. The molecule has 0 rings (SSSR count). The first-order valence-electron chi connectivity index (χ1n) is 5.75. The molecule has 0 fully saturated rings. The Morgan fingerprint density at radius 1 is 0.867 bits per heavy atom. The molecule has 0 saturated carbocycles. The van der Waals surface area contributed by atoms with E-state index in [1.54, 1.807) is 0 Å². The van der Waals surface area contributed by atoms with Gasteiger partial charge < -0.3 is 4.12 Å². The highest BCUT2D eigenvalue weighted by Gasteiger charge is 2.32. The molecule has 0 spiro atoms. The second kappa shape index (κ2) is 7.43. The van der Waals surface area contributed by atoms with Crippen LogP contribution in [0.1, 0.15) is 12.8 Å². The molecule has 0 heterocycles. The minimum atomic E-state index is -1.46. The lowest BCUT2D eigenvalue weighted by Crippen LogP contribution is -2.44. The summed E-state index contributed by atoms with van der Waals surface area (Å²) in [6.45, 7) is 9.26. The third-order valence-corrected chi connectivity index (χ3v) is 10.2. The summed E-state index contributed by atoms with van der Waals surface area (Å²) < 4.78 is 6.44. The van der Waals surface area contributed by atoms with Gasteiger partial charge in [-0.25, -0.2) is 0 Å². The third kappa shape index (κ3) is 8.86. The Balaban J connectivity index is 4.26. The van der Waals surface area contributed by atoms with Gasteiger partial charge in [-0.2, -0.15) is 25.3 Å². The summed E-state index contributed by atoms with van der Waals surface area (Å²) >= 11 is 8.60. The van der Waals surface area contributed by atoms with E-state index in [0.29, 0.717) is 0 Å². The second-order valence-electron chi connectivity index (χ2n) is 5.32. The van der Waals surface area contributed by atoms with Crippen molar-refractivity contribution in [3.05, 3.63) is 0 Å². The van der Waals surface area contributed by atoms with E-state index in [4.69, 9.17) is 4.12 Å². The van der Waals surface area contributed by atoms with E-state index in [2.05, 4.69) is 51.4 Å². The predicted molar refractivity (Wildman–Crippen MR) is 82.6 cm³/mol. The summed E-state index contributed by atoms with van der Waals surface area (Å²) in [6, 6.07) is 2.52. The maximum atomic E-state index is 6.44. The molecule has 0 unspecified atom stereocenters. The molecule has 5 heteroatoms. The van der Waals surface area contributed by atoms with Gasteiger partial charge in [-0.3, -0.25) is 0 Å². The number of thiol groups is 2. The summed E-state index contributed by atoms with van der Waals surface area (Å²) in [5.74, 6) is 1.97. The Kier molecular flexibility index (Phi) is 7.97. The molecule has 92 valence electrons. The van der Waals surface area contributed by atoms with Crippen LogP contribution in [0.25, 0.3) is 0 Å². The summed E-state index contributed by atoms with van der Waals surface area (Å²) in [5, 5.41) is 0. The van der Waals surface area contributed by atoms with Crippen LogP contribution in [-0.4, -0.2) is 28.1 Å². The van der Waals surface area contributed by atoms with Crippen molar-refractivity contribution < 1.29 is 4.12 Å². The normalized spacial score (nSPS) is 13.2. The van der Waals surface area contributed by atoms with E-state index in [1.807, 2.05) is 0 Å². The van der Waals surface area contributed by atoms with Crippen LogP contribution in [0.3, 0.4) is 0 Å². The van der Waals surface area contributed by atoms with E-state index in [0.717, 1.165) is 11.5 Å². The first-order chi connectivity index (χ1) is 6.83. The van der Waals surface area contributed by atoms with E-state index in [1.165, 1.54) is 24.9 Å². The third-order valence-electron chi connectivity index (χ3n) is 2.28. The quantitative estimate of drug-likeness (QED) is 0.504. The van der Waals surface area contributed by atoms with Gasteiger partial charge in [0.2, 0.25) is 0 Å². The van der Waals surface area contributed by atoms with Gasteiger partial charge in [0.05, 0.1) is 0 Å². The zero-order valence-electron chi connectivity index (χ0n) is 10.5. The standard InChI is InChI=1S/C10H26OS2Si2/c1-14(2,3)11-15(4,9-5-7-12)10-6-8-13/h12-13H,5-10H2,1-4H3. The zero-order valence-corrected chi connectivity index (χ0v) is 14.3. The molecular formula is C10H26OS2Si2. The summed E-state index contributed by atoms with van der Waals surface area (Å²) in [6.07, 6.45) is 2.39. The Morgan fingerprint density at radius 3 is 1.53 bits per heavy atom. The second-order valence-corrected chi connectivity index (χ2v) is 15.2. The van der Waals surface area contributed by atoms with Crippen LogP contribution in [0.2, 0.25) is 38.3 Å². The van der Waals surface area contributed by atoms with Gasteiger partial charge in [0.25, 0.3) is 0 Å². The lowest BCUT2D eigenvalue weighted by atomic mass is 10.6. The molecule has 0 aromatic heterocycles. The van der Waals surface area contributed by atoms with Crippen LogP contribution in [0.5, 0.6) is 0 Å². The molecule has 0 aliphatic carbocycles. The summed E-state index contributed by atoms with van der Waals surface area (Å²) in [5.41, 5.74) is 0. The fourth-order valence-corrected chi connectivity index (χ4v) is 11.6. The number of rotatable bonds is 8. The molecule has 0 amide bonds. The van der Waals surface area contributed by atoms with Gasteiger partial charge in [0, 0.05) is 0 Å². The zero-order chi connectivity index (χ0) is 11.9. The molecule has 0 bridgehead atoms. The van der Waals surface area contributed by atoms with Crippen molar-refractivity contribution in [2.45, 2.75) is 51.1 Å². The van der Waals surface area contributed by atoms with Crippen molar-refractivity contribution in [2.75, 3.05) is 11.5 Å². The minimum Gasteiger partial charge on any atom is -0.456 e. The largest absolute Gasteiger partial charge is 0.456 e. The average molecular weight is 283 g/mol. The van der Waals surface area contributed by atoms with E-state index in [9.17, 15) is 0 Å². The highest BCUT2D eigenvalue weighted by Crippen LogP contribution is 2.25. The Bertz CT molecular complexity index is 163. The van der Waals surface area contributed by atoms with Gasteiger partial charge in [0.1, 0.15) is 0 Å². The molecule has 0 aliphatic heterocycles. The maximum absolute atomic E-state index is 6.44. The van der Waals surface area contributed by atoms with Crippen LogP contribution >= 0.6 is 25.3 Å². The monoisotopic (exact) mass is 282 g/mol. The van der Waals surface area contributed by atoms with Crippen molar-refractivity contribution >= 4 is 41.9 Å². The van der Waals surface area contributed by atoms with Crippen LogP contribution in [-0.2, 0) is 4.12 Å². The van der Waals surface area contributed by atoms with E-state index >= 15 is 0 Å². The van der Waals surface area contributed by atoms with Crippen LogP contribution in [0, 0.1) is 0 Å². The lowest BCUT2D eigenvalue weighted by molar-refractivity contribution is 0.533.